The molecule has 1 saturated carbocycles. The molecule has 0 radical (unpaired) electrons. The lowest BCUT2D eigenvalue weighted by Crippen LogP contribution is -2.50. The van der Waals surface area contributed by atoms with E-state index in [1.165, 1.54) is 19.3 Å². The van der Waals surface area contributed by atoms with Crippen LogP contribution < -0.4 is 5.32 Å². The summed E-state index contributed by atoms with van der Waals surface area (Å²) in [4.78, 5) is 25.4. The van der Waals surface area contributed by atoms with E-state index in [0.29, 0.717) is 44.2 Å². The average molecular weight is 296 g/mol. The maximum atomic E-state index is 12.2. The Hall–Kier alpha value is -1.26. The Balaban J connectivity index is 1.79. The van der Waals surface area contributed by atoms with Gasteiger partial charge in [0.05, 0.1) is 5.41 Å². The molecule has 1 heterocycles. The van der Waals surface area contributed by atoms with Gasteiger partial charge < -0.3 is 15.3 Å². The fourth-order valence-corrected chi connectivity index (χ4v) is 3.71. The van der Waals surface area contributed by atoms with Gasteiger partial charge in [0.1, 0.15) is 0 Å². The van der Waals surface area contributed by atoms with Crippen LogP contribution in [-0.2, 0) is 4.79 Å². The molecule has 0 bridgehead atoms. The first-order valence-corrected chi connectivity index (χ1v) is 8.24. The molecule has 5 heteroatoms. The minimum atomic E-state index is -0.718. The Labute approximate surface area is 127 Å². The van der Waals surface area contributed by atoms with Crippen LogP contribution in [0.1, 0.15) is 52.4 Å². The summed E-state index contributed by atoms with van der Waals surface area (Å²) >= 11 is 0. The molecule has 2 unspecified atom stereocenters. The molecular weight excluding hydrogens is 268 g/mol. The van der Waals surface area contributed by atoms with Crippen molar-refractivity contribution in [1.82, 2.24) is 10.2 Å². The van der Waals surface area contributed by atoms with E-state index in [1.54, 1.807) is 4.90 Å². The van der Waals surface area contributed by atoms with Gasteiger partial charge in [-0.3, -0.25) is 4.79 Å². The number of rotatable bonds is 4. The highest BCUT2D eigenvalue weighted by molar-refractivity contribution is 5.77. The Kier molecular flexibility index (Phi) is 5.12. The monoisotopic (exact) mass is 296 g/mol. The summed E-state index contributed by atoms with van der Waals surface area (Å²) in [7, 11) is 0. The number of aliphatic carboxylic acids is 1. The van der Waals surface area contributed by atoms with E-state index in [2.05, 4.69) is 12.2 Å². The molecule has 2 aliphatic rings. The summed E-state index contributed by atoms with van der Waals surface area (Å²) in [6, 6.07) is -0.0239. The maximum absolute atomic E-state index is 12.2. The SMILES string of the molecule is CCC1(C(=O)O)CCN(C(=O)NCC2CCCC2C)CC1. The fourth-order valence-electron chi connectivity index (χ4n) is 3.71. The van der Waals surface area contributed by atoms with Crippen LogP contribution in [-0.4, -0.2) is 41.6 Å². The number of amides is 2. The first-order chi connectivity index (χ1) is 9.98. The number of likely N-dealkylation sites (tertiary alicyclic amines) is 1. The predicted molar refractivity (Wildman–Crippen MR) is 81.1 cm³/mol. The Bertz CT molecular complexity index is 389. The number of carbonyl (C=O) groups excluding carboxylic acids is 1. The second kappa shape index (κ2) is 6.67. The van der Waals surface area contributed by atoms with Crippen LogP contribution >= 0.6 is 0 Å². The summed E-state index contributed by atoms with van der Waals surface area (Å²) in [5.41, 5.74) is -0.628. The lowest BCUT2D eigenvalue weighted by atomic mass is 9.76. The van der Waals surface area contributed by atoms with Crippen molar-refractivity contribution in [2.75, 3.05) is 19.6 Å². The number of carbonyl (C=O) groups is 2. The van der Waals surface area contributed by atoms with Gasteiger partial charge in [0.2, 0.25) is 0 Å². The molecular formula is C16H28N2O3. The molecule has 0 aromatic carbocycles. The molecule has 1 saturated heterocycles. The van der Waals surface area contributed by atoms with Gasteiger partial charge in [0.25, 0.3) is 0 Å². The van der Waals surface area contributed by atoms with Gasteiger partial charge in [-0.25, -0.2) is 4.79 Å². The lowest BCUT2D eigenvalue weighted by molar-refractivity contribution is -0.151. The van der Waals surface area contributed by atoms with Gasteiger partial charge in [0, 0.05) is 19.6 Å². The van der Waals surface area contributed by atoms with E-state index in [4.69, 9.17) is 0 Å². The van der Waals surface area contributed by atoms with E-state index in [-0.39, 0.29) is 6.03 Å². The van der Waals surface area contributed by atoms with E-state index in [0.717, 1.165) is 6.54 Å². The molecule has 2 N–H and O–H groups in total. The molecule has 0 aromatic heterocycles. The van der Waals surface area contributed by atoms with Crippen molar-refractivity contribution in [2.45, 2.75) is 52.4 Å². The fraction of sp³-hybridized carbons (Fsp3) is 0.875. The summed E-state index contributed by atoms with van der Waals surface area (Å²) < 4.78 is 0. The van der Waals surface area contributed by atoms with Crippen molar-refractivity contribution >= 4 is 12.0 Å². The standard InChI is InChI=1S/C16H28N2O3/c1-3-16(14(19)20)7-9-18(10-8-16)15(21)17-11-13-6-4-5-12(13)2/h12-13H,3-11H2,1-2H3,(H,17,21)(H,19,20). The Morgan fingerprint density at radius 2 is 1.95 bits per heavy atom. The van der Waals surface area contributed by atoms with Gasteiger partial charge in [-0.1, -0.05) is 26.7 Å². The Morgan fingerprint density at radius 3 is 2.43 bits per heavy atom. The third kappa shape index (κ3) is 3.50. The number of urea groups is 1. The van der Waals surface area contributed by atoms with E-state index in [1.807, 2.05) is 6.92 Å². The minimum Gasteiger partial charge on any atom is -0.481 e. The number of carboxylic acid groups (broad SMARTS) is 1. The largest absolute Gasteiger partial charge is 0.481 e. The third-order valence-electron chi connectivity index (χ3n) is 5.69. The summed E-state index contributed by atoms with van der Waals surface area (Å²) in [6.45, 7) is 6.03. The molecule has 2 atom stereocenters. The molecule has 2 rings (SSSR count). The number of hydrogen-bond acceptors (Lipinski definition) is 2. The first kappa shape index (κ1) is 16.1. The second-order valence-corrected chi connectivity index (χ2v) is 6.78. The summed E-state index contributed by atoms with van der Waals surface area (Å²) in [5.74, 6) is 0.587. The maximum Gasteiger partial charge on any atom is 0.317 e. The van der Waals surface area contributed by atoms with Crippen LogP contribution in [0, 0.1) is 17.3 Å². The molecule has 0 aromatic rings. The molecule has 1 aliphatic heterocycles. The minimum absolute atomic E-state index is 0.0239. The quantitative estimate of drug-likeness (QED) is 0.838. The van der Waals surface area contributed by atoms with E-state index in [9.17, 15) is 14.7 Å². The molecule has 0 spiro atoms. The first-order valence-electron chi connectivity index (χ1n) is 8.24. The number of hydrogen-bond donors (Lipinski definition) is 2. The lowest BCUT2D eigenvalue weighted by Gasteiger charge is -2.38. The van der Waals surface area contributed by atoms with Crippen molar-refractivity contribution in [3.05, 3.63) is 0 Å². The van der Waals surface area contributed by atoms with Gasteiger partial charge in [-0.15, -0.1) is 0 Å². The molecule has 2 amide bonds. The second-order valence-electron chi connectivity index (χ2n) is 6.78. The Morgan fingerprint density at radius 1 is 1.29 bits per heavy atom. The zero-order valence-corrected chi connectivity index (χ0v) is 13.2. The highest BCUT2D eigenvalue weighted by Gasteiger charge is 2.40. The zero-order chi connectivity index (χ0) is 15.5. The normalized spacial score (nSPS) is 28.4. The van der Waals surface area contributed by atoms with Gasteiger partial charge in [0.15, 0.2) is 0 Å². The van der Waals surface area contributed by atoms with Crippen molar-refractivity contribution < 1.29 is 14.7 Å². The van der Waals surface area contributed by atoms with Crippen LogP contribution in [0.3, 0.4) is 0 Å². The summed E-state index contributed by atoms with van der Waals surface area (Å²) in [5, 5.41) is 12.4. The third-order valence-corrected chi connectivity index (χ3v) is 5.69. The highest BCUT2D eigenvalue weighted by Crippen LogP contribution is 2.35. The molecule has 21 heavy (non-hydrogen) atoms. The van der Waals surface area contributed by atoms with Gasteiger partial charge >= 0.3 is 12.0 Å². The van der Waals surface area contributed by atoms with Crippen LogP contribution in [0.25, 0.3) is 0 Å². The number of nitrogens with one attached hydrogen (secondary N) is 1. The van der Waals surface area contributed by atoms with Crippen LogP contribution in [0.5, 0.6) is 0 Å². The van der Waals surface area contributed by atoms with Gasteiger partial charge in [-0.05, 0) is 37.5 Å². The van der Waals surface area contributed by atoms with E-state index >= 15 is 0 Å². The topological polar surface area (TPSA) is 69.6 Å². The van der Waals surface area contributed by atoms with Crippen LogP contribution in [0.4, 0.5) is 4.79 Å². The van der Waals surface area contributed by atoms with Crippen molar-refractivity contribution in [1.29, 1.82) is 0 Å². The summed E-state index contributed by atoms with van der Waals surface area (Å²) in [6.07, 6.45) is 5.50. The molecule has 120 valence electrons. The average Bonchev–Trinajstić information content (AvgIpc) is 2.90. The molecule has 2 fully saturated rings. The smallest absolute Gasteiger partial charge is 0.317 e. The van der Waals surface area contributed by atoms with Crippen molar-refractivity contribution in [3.8, 4) is 0 Å². The molecule has 1 aliphatic carbocycles. The number of nitrogens with zero attached hydrogens (tertiary/aromatic N) is 1. The predicted octanol–water partition coefficient (Wildman–Crippen LogP) is 2.71. The molecule has 5 nitrogen and oxygen atoms in total. The number of piperidine rings is 1. The van der Waals surface area contributed by atoms with Crippen LogP contribution in [0.15, 0.2) is 0 Å². The van der Waals surface area contributed by atoms with Gasteiger partial charge in [-0.2, -0.15) is 0 Å². The highest BCUT2D eigenvalue weighted by atomic mass is 16.4. The zero-order valence-electron chi connectivity index (χ0n) is 13.2. The van der Waals surface area contributed by atoms with E-state index < -0.39 is 11.4 Å². The van der Waals surface area contributed by atoms with Crippen molar-refractivity contribution in [2.24, 2.45) is 17.3 Å². The van der Waals surface area contributed by atoms with Crippen LogP contribution in [0.2, 0.25) is 0 Å². The van der Waals surface area contributed by atoms with Crippen molar-refractivity contribution in [3.63, 3.8) is 0 Å². The number of carboxylic acids is 1.